The van der Waals surface area contributed by atoms with Crippen molar-refractivity contribution >= 4 is 22.6 Å². The van der Waals surface area contributed by atoms with Crippen LogP contribution in [0.25, 0.3) is 10.9 Å². The Kier molecular flexibility index (Phi) is 4.47. The lowest BCUT2D eigenvalue weighted by molar-refractivity contribution is -0.670. The van der Waals surface area contributed by atoms with Crippen molar-refractivity contribution in [2.24, 2.45) is 17.9 Å². The summed E-state index contributed by atoms with van der Waals surface area (Å²) in [7, 11) is 1.96. The number of benzene rings is 1. The van der Waals surface area contributed by atoms with Gasteiger partial charge in [0.15, 0.2) is 18.2 Å². The number of hydrogen-bond donors (Lipinski definition) is 2. The van der Waals surface area contributed by atoms with E-state index in [0.29, 0.717) is 17.7 Å². The summed E-state index contributed by atoms with van der Waals surface area (Å²) in [5, 5.41) is 4.80. The second-order valence-corrected chi connectivity index (χ2v) is 5.87. The van der Waals surface area contributed by atoms with Crippen LogP contribution in [0.4, 0.5) is 4.39 Å². The fourth-order valence-corrected chi connectivity index (χ4v) is 2.61. The number of hydrazone groups is 1. The molecule has 3 rings (SSSR count). The number of nitrogens with one attached hydrogen (secondary N) is 1. The van der Waals surface area contributed by atoms with E-state index in [1.165, 1.54) is 13.0 Å². The van der Waals surface area contributed by atoms with Crippen molar-refractivity contribution in [1.82, 2.24) is 9.99 Å². The summed E-state index contributed by atoms with van der Waals surface area (Å²) in [6, 6.07) is 8.68. The lowest BCUT2D eigenvalue weighted by atomic mass is 10.1. The van der Waals surface area contributed by atoms with Crippen LogP contribution < -0.4 is 15.7 Å². The molecule has 0 saturated carbocycles. The molecule has 2 aromatic heterocycles. The van der Waals surface area contributed by atoms with Gasteiger partial charge in [-0.05, 0) is 12.1 Å². The summed E-state index contributed by atoms with van der Waals surface area (Å²) in [5.74, 6) is -0.658. The Morgan fingerprint density at radius 2 is 2.16 bits per heavy atom. The molecule has 0 atom stereocenters. The van der Waals surface area contributed by atoms with Gasteiger partial charge in [-0.15, -0.1) is 0 Å². The average Bonchev–Trinajstić information content (AvgIpc) is 2.96. The van der Waals surface area contributed by atoms with Crippen molar-refractivity contribution in [3.63, 3.8) is 0 Å². The third-order valence-electron chi connectivity index (χ3n) is 3.87. The van der Waals surface area contributed by atoms with E-state index in [4.69, 9.17) is 5.73 Å². The van der Waals surface area contributed by atoms with Gasteiger partial charge in [0, 0.05) is 30.3 Å². The maximum Gasteiger partial charge on any atom is 0.237 e. The van der Waals surface area contributed by atoms with Crippen molar-refractivity contribution in [2.75, 3.05) is 0 Å². The first-order chi connectivity index (χ1) is 11.9. The maximum absolute atomic E-state index is 14.5. The number of aromatic nitrogens is 2. The summed E-state index contributed by atoms with van der Waals surface area (Å²) in [6.07, 6.45) is 5.91. The Bertz CT molecular complexity index is 977. The number of pyridine rings is 1. The number of aryl methyl sites for hydroxylation is 1. The van der Waals surface area contributed by atoms with E-state index in [1.807, 2.05) is 46.9 Å². The van der Waals surface area contributed by atoms with E-state index in [1.54, 1.807) is 12.1 Å². The Morgan fingerprint density at radius 1 is 1.36 bits per heavy atom. The van der Waals surface area contributed by atoms with Crippen molar-refractivity contribution in [1.29, 1.82) is 0 Å². The third-order valence-corrected chi connectivity index (χ3v) is 3.87. The van der Waals surface area contributed by atoms with Crippen LogP contribution in [0, 0.1) is 5.82 Å². The maximum atomic E-state index is 14.5. The number of hydrogen-bond acceptors (Lipinski definition) is 2. The number of amides is 1. The van der Waals surface area contributed by atoms with Gasteiger partial charge in [0.2, 0.25) is 5.91 Å². The quantitative estimate of drug-likeness (QED) is 0.326. The molecule has 0 bridgehead atoms. The molecular formula is C18H19FN5O+. The normalized spacial score (nSPS) is 11.7. The summed E-state index contributed by atoms with van der Waals surface area (Å²) in [5.41, 5.74) is 9.98. The van der Waals surface area contributed by atoms with Gasteiger partial charge < -0.3 is 10.3 Å². The zero-order valence-electron chi connectivity index (χ0n) is 14.0. The highest BCUT2D eigenvalue weighted by Gasteiger charge is 2.10. The van der Waals surface area contributed by atoms with Crippen LogP contribution in [-0.2, 0) is 18.4 Å². The molecule has 1 aromatic carbocycles. The van der Waals surface area contributed by atoms with Crippen LogP contribution in [0.3, 0.4) is 0 Å². The highest BCUT2D eigenvalue weighted by Crippen LogP contribution is 2.17. The predicted molar refractivity (Wildman–Crippen MR) is 93.2 cm³/mol. The molecule has 0 fully saturated rings. The Hall–Kier alpha value is -3.22. The Morgan fingerprint density at radius 3 is 2.88 bits per heavy atom. The summed E-state index contributed by atoms with van der Waals surface area (Å²) >= 11 is 0. The van der Waals surface area contributed by atoms with Gasteiger partial charge in [-0.25, -0.2) is 14.4 Å². The smallest absolute Gasteiger partial charge is 0.237 e. The van der Waals surface area contributed by atoms with Gasteiger partial charge in [0.1, 0.15) is 12.9 Å². The molecule has 0 unspecified atom stereocenters. The number of carbonyl (C=O) groups excluding carboxylic acids is 1. The number of nitrogens with two attached hydrogens (primary N) is 1. The highest BCUT2D eigenvalue weighted by molar-refractivity contribution is 5.98. The van der Waals surface area contributed by atoms with Gasteiger partial charge in [-0.2, -0.15) is 5.10 Å². The number of nitrogens with zero attached hydrogens (tertiary/aromatic N) is 3. The van der Waals surface area contributed by atoms with Crippen LogP contribution in [0.2, 0.25) is 0 Å². The standard InChI is InChI=1S/C18H18FN5O/c1-12(25)21-22-18(20)13-3-4-14(16(19)9-13)11-24-8-5-15-10-23(2)7-6-17(15)24/h3-10H,11H2,1-2H3,(H2-,20,21,22,25)/p+1. The molecule has 25 heavy (non-hydrogen) atoms. The van der Waals surface area contributed by atoms with Gasteiger partial charge in [-0.1, -0.05) is 12.1 Å². The minimum Gasteiger partial charge on any atom is -0.382 e. The van der Waals surface area contributed by atoms with Crippen LogP contribution in [0.5, 0.6) is 0 Å². The van der Waals surface area contributed by atoms with E-state index in [9.17, 15) is 9.18 Å². The van der Waals surface area contributed by atoms with E-state index in [0.717, 1.165) is 10.9 Å². The molecule has 6 nitrogen and oxygen atoms in total. The molecule has 2 heterocycles. The van der Waals surface area contributed by atoms with Gasteiger partial charge in [0.05, 0.1) is 17.4 Å². The fraction of sp³-hybridized carbons (Fsp3) is 0.167. The fourth-order valence-electron chi connectivity index (χ4n) is 2.61. The zero-order valence-corrected chi connectivity index (χ0v) is 14.0. The largest absolute Gasteiger partial charge is 0.382 e. The number of fused-ring (bicyclic) bond motifs is 1. The molecule has 0 aliphatic carbocycles. The first-order valence-corrected chi connectivity index (χ1v) is 7.76. The summed E-state index contributed by atoms with van der Waals surface area (Å²) < 4.78 is 18.4. The second kappa shape index (κ2) is 6.72. The minimum atomic E-state index is -0.373. The van der Waals surface area contributed by atoms with Crippen molar-refractivity contribution in [3.8, 4) is 0 Å². The Balaban J connectivity index is 1.86. The first-order valence-electron chi connectivity index (χ1n) is 7.76. The molecule has 0 aliphatic rings. The molecule has 0 aliphatic heterocycles. The van der Waals surface area contributed by atoms with Gasteiger partial charge in [-0.3, -0.25) is 4.79 Å². The first kappa shape index (κ1) is 16.6. The summed E-state index contributed by atoms with van der Waals surface area (Å²) in [6.45, 7) is 1.73. The van der Waals surface area contributed by atoms with Crippen molar-refractivity contribution in [2.45, 2.75) is 13.5 Å². The number of carbonyl (C=O) groups is 1. The number of rotatable bonds is 4. The van der Waals surface area contributed by atoms with Gasteiger partial charge in [0.25, 0.3) is 0 Å². The van der Waals surface area contributed by atoms with E-state index in [2.05, 4.69) is 10.5 Å². The lowest BCUT2D eigenvalue weighted by Gasteiger charge is -2.08. The Labute approximate surface area is 144 Å². The molecule has 1 amide bonds. The van der Waals surface area contributed by atoms with E-state index < -0.39 is 0 Å². The van der Waals surface area contributed by atoms with E-state index >= 15 is 0 Å². The molecule has 128 valence electrons. The number of halogens is 1. The van der Waals surface area contributed by atoms with Gasteiger partial charge >= 0.3 is 0 Å². The molecule has 3 aromatic rings. The predicted octanol–water partition coefficient (Wildman–Crippen LogP) is 1.41. The van der Waals surface area contributed by atoms with Crippen molar-refractivity contribution < 1.29 is 13.8 Å². The molecule has 7 heteroatoms. The molecule has 0 spiro atoms. The monoisotopic (exact) mass is 340 g/mol. The van der Waals surface area contributed by atoms with Crippen LogP contribution in [0.1, 0.15) is 18.1 Å². The second-order valence-electron chi connectivity index (χ2n) is 5.87. The topological polar surface area (TPSA) is 76.3 Å². The highest BCUT2D eigenvalue weighted by atomic mass is 19.1. The lowest BCUT2D eigenvalue weighted by Crippen LogP contribution is -2.25. The van der Waals surface area contributed by atoms with Crippen LogP contribution in [0.15, 0.2) is 54.0 Å². The third kappa shape index (κ3) is 3.65. The van der Waals surface area contributed by atoms with Crippen molar-refractivity contribution in [3.05, 3.63) is 65.9 Å². The molecule has 0 radical (unpaired) electrons. The molecule has 0 saturated heterocycles. The number of amidine groups is 1. The minimum absolute atomic E-state index is 0.0552. The van der Waals surface area contributed by atoms with E-state index in [-0.39, 0.29) is 17.6 Å². The van der Waals surface area contributed by atoms with Crippen LogP contribution >= 0.6 is 0 Å². The van der Waals surface area contributed by atoms with Crippen LogP contribution in [-0.4, -0.2) is 16.3 Å². The zero-order chi connectivity index (χ0) is 18.0. The molecule has 3 N–H and O–H groups in total. The summed E-state index contributed by atoms with van der Waals surface area (Å²) in [4.78, 5) is 10.9. The SMILES string of the molecule is CC(=O)NN=C(N)c1ccc(Cn2ccc3c[n+](C)ccc32)c(F)c1. The molecular weight excluding hydrogens is 321 g/mol. The average molecular weight is 340 g/mol.